The molecule has 3 aromatic rings. The van der Waals surface area contributed by atoms with Crippen LogP contribution in [-0.4, -0.2) is 9.91 Å². The van der Waals surface area contributed by atoms with E-state index in [9.17, 15) is 14.9 Å². The zero-order valence-corrected chi connectivity index (χ0v) is 14.2. The van der Waals surface area contributed by atoms with E-state index in [1.165, 1.54) is 11.8 Å². The molecule has 0 saturated carbocycles. The number of hydrogen-bond donors (Lipinski definition) is 1. The Morgan fingerprint density at radius 1 is 0.960 bits per heavy atom. The fraction of sp³-hybridized carbons (Fsp3) is 0.105. The van der Waals surface area contributed by atoms with E-state index in [1.807, 2.05) is 60.7 Å². The standard InChI is InChI=1S/C19H16N2O3S/c22-19-18(21(23)24)17(25-16-9-5-2-6-10-16)13-15(20-19)12-11-14-7-3-1-4-8-14/h1-10,13H,11-12H2,(H,20,22). The van der Waals surface area contributed by atoms with Crippen molar-refractivity contribution in [3.8, 4) is 0 Å². The number of hydrogen-bond acceptors (Lipinski definition) is 4. The third kappa shape index (κ3) is 4.36. The molecule has 0 aliphatic carbocycles. The number of nitro groups is 1. The number of aromatic nitrogens is 1. The number of H-pyrrole nitrogens is 1. The Morgan fingerprint density at radius 3 is 2.24 bits per heavy atom. The van der Waals surface area contributed by atoms with Crippen LogP contribution in [0.4, 0.5) is 5.69 Å². The van der Waals surface area contributed by atoms with E-state index in [2.05, 4.69) is 4.98 Å². The molecule has 0 bridgehead atoms. The molecule has 3 rings (SSSR count). The van der Waals surface area contributed by atoms with Gasteiger partial charge in [0.25, 0.3) is 0 Å². The Labute approximate surface area is 148 Å². The molecule has 0 unspecified atom stereocenters. The van der Waals surface area contributed by atoms with Crippen LogP contribution in [0.5, 0.6) is 0 Å². The molecule has 0 aliphatic heterocycles. The van der Waals surface area contributed by atoms with Crippen molar-refractivity contribution in [3.63, 3.8) is 0 Å². The molecule has 2 aromatic carbocycles. The molecule has 0 aliphatic rings. The summed E-state index contributed by atoms with van der Waals surface area (Å²) in [6.45, 7) is 0. The second-order valence-electron chi connectivity index (χ2n) is 5.49. The van der Waals surface area contributed by atoms with Crippen molar-refractivity contribution in [3.05, 3.63) is 98.5 Å². The maximum atomic E-state index is 12.2. The Morgan fingerprint density at radius 2 is 1.60 bits per heavy atom. The number of pyridine rings is 1. The minimum absolute atomic E-state index is 0.364. The Kier molecular flexibility index (Phi) is 5.30. The monoisotopic (exact) mass is 352 g/mol. The fourth-order valence-corrected chi connectivity index (χ4v) is 3.52. The second-order valence-corrected chi connectivity index (χ2v) is 6.61. The van der Waals surface area contributed by atoms with Gasteiger partial charge in [-0.15, -0.1) is 0 Å². The molecule has 1 aromatic heterocycles. The number of aromatic amines is 1. The van der Waals surface area contributed by atoms with Crippen LogP contribution in [-0.2, 0) is 12.8 Å². The summed E-state index contributed by atoms with van der Waals surface area (Å²) in [7, 11) is 0. The van der Waals surface area contributed by atoms with E-state index in [4.69, 9.17) is 0 Å². The maximum Gasteiger partial charge on any atom is 0.347 e. The lowest BCUT2D eigenvalue weighted by atomic mass is 10.1. The van der Waals surface area contributed by atoms with Gasteiger partial charge in [-0.3, -0.25) is 14.9 Å². The largest absolute Gasteiger partial charge is 0.347 e. The summed E-state index contributed by atoms with van der Waals surface area (Å²) >= 11 is 1.23. The van der Waals surface area contributed by atoms with Crippen LogP contribution in [0.2, 0.25) is 0 Å². The molecule has 0 saturated heterocycles. The molecular formula is C19H16N2O3S. The number of rotatable bonds is 6. The van der Waals surface area contributed by atoms with Crippen LogP contribution in [0.1, 0.15) is 11.3 Å². The lowest BCUT2D eigenvalue weighted by molar-refractivity contribution is -0.389. The first kappa shape index (κ1) is 17.0. The number of nitrogens with zero attached hydrogens (tertiary/aromatic N) is 1. The normalized spacial score (nSPS) is 10.6. The maximum absolute atomic E-state index is 12.2. The molecule has 25 heavy (non-hydrogen) atoms. The SMILES string of the molecule is O=c1[nH]c(CCc2ccccc2)cc(Sc2ccccc2)c1[N+](=O)[O-]. The van der Waals surface area contributed by atoms with Crippen LogP contribution >= 0.6 is 11.8 Å². The molecule has 1 heterocycles. The van der Waals surface area contributed by atoms with Crippen molar-refractivity contribution in [2.75, 3.05) is 0 Å². The molecular weight excluding hydrogens is 336 g/mol. The van der Waals surface area contributed by atoms with Crippen molar-refractivity contribution in [2.45, 2.75) is 22.6 Å². The van der Waals surface area contributed by atoms with Gasteiger partial charge in [-0.2, -0.15) is 0 Å². The summed E-state index contributed by atoms with van der Waals surface area (Å²) in [6, 6.07) is 20.9. The minimum atomic E-state index is -0.658. The minimum Gasteiger partial charge on any atom is -0.320 e. The third-order valence-electron chi connectivity index (χ3n) is 3.71. The summed E-state index contributed by atoms with van der Waals surface area (Å²) in [5.74, 6) is 0. The highest BCUT2D eigenvalue weighted by Gasteiger charge is 2.21. The van der Waals surface area contributed by atoms with Crippen molar-refractivity contribution in [2.24, 2.45) is 0 Å². The van der Waals surface area contributed by atoms with Crippen molar-refractivity contribution in [1.29, 1.82) is 0 Å². The van der Waals surface area contributed by atoms with Gasteiger partial charge in [0.05, 0.1) is 9.82 Å². The fourth-order valence-electron chi connectivity index (χ4n) is 2.50. The molecule has 0 spiro atoms. The van der Waals surface area contributed by atoms with Crippen LogP contribution in [0.25, 0.3) is 0 Å². The quantitative estimate of drug-likeness (QED) is 0.532. The van der Waals surface area contributed by atoms with Gasteiger partial charge < -0.3 is 4.98 Å². The van der Waals surface area contributed by atoms with E-state index in [1.54, 1.807) is 6.07 Å². The topological polar surface area (TPSA) is 76.0 Å². The lowest BCUT2D eigenvalue weighted by Gasteiger charge is -2.07. The van der Waals surface area contributed by atoms with E-state index in [-0.39, 0.29) is 0 Å². The molecule has 126 valence electrons. The third-order valence-corrected chi connectivity index (χ3v) is 4.75. The van der Waals surface area contributed by atoms with E-state index in [0.29, 0.717) is 17.0 Å². The van der Waals surface area contributed by atoms with Crippen LogP contribution in [0.3, 0.4) is 0 Å². The van der Waals surface area contributed by atoms with Crippen molar-refractivity contribution < 1.29 is 4.92 Å². The van der Waals surface area contributed by atoms with Crippen molar-refractivity contribution in [1.82, 2.24) is 4.98 Å². The molecule has 1 N–H and O–H groups in total. The highest BCUT2D eigenvalue weighted by Crippen LogP contribution is 2.32. The predicted molar refractivity (Wildman–Crippen MR) is 98.1 cm³/mol. The molecule has 0 amide bonds. The average molecular weight is 352 g/mol. The number of nitrogens with one attached hydrogen (secondary N) is 1. The van der Waals surface area contributed by atoms with Gasteiger partial charge >= 0.3 is 11.2 Å². The Balaban J connectivity index is 1.90. The summed E-state index contributed by atoms with van der Waals surface area (Å²) in [6.07, 6.45) is 1.36. The van der Waals surface area contributed by atoms with Crippen molar-refractivity contribution >= 4 is 17.4 Å². The average Bonchev–Trinajstić information content (AvgIpc) is 2.61. The van der Waals surface area contributed by atoms with Gasteiger partial charge in [-0.1, -0.05) is 60.3 Å². The zero-order chi connectivity index (χ0) is 17.6. The Hall–Kier alpha value is -2.86. The summed E-state index contributed by atoms with van der Waals surface area (Å²) in [5.41, 5.74) is 0.781. The molecule has 0 radical (unpaired) electrons. The Bertz CT molecular complexity index is 924. The van der Waals surface area contributed by atoms with Crippen LogP contribution in [0.15, 0.2) is 81.3 Å². The van der Waals surface area contributed by atoms with Crippen LogP contribution in [0, 0.1) is 10.1 Å². The molecule has 5 nitrogen and oxygen atoms in total. The van der Waals surface area contributed by atoms with Gasteiger partial charge in [-0.25, -0.2) is 0 Å². The zero-order valence-electron chi connectivity index (χ0n) is 13.3. The lowest BCUT2D eigenvalue weighted by Crippen LogP contribution is -2.15. The van der Waals surface area contributed by atoms with Gasteiger partial charge in [0.2, 0.25) is 0 Å². The smallest absolute Gasteiger partial charge is 0.320 e. The van der Waals surface area contributed by atoms with Gasteiger partial charge in [0.15, 0.2) is 0 Å². The summed E-state index contributed by atoms with van der Waals surface area (Å²) in [4.78, 5) is 26.7. The first-order valence-electron chi connectivity index (χ1n) is 7.81. The summed E-state index contributed by atoms with van der Waals surface area (Å²) < 4.78 is 0. The van der Waals surface area contributed by atoms with E-state index >= 15 is 0 Å². The molecule has 0 fully saturated rings. The number of aryl methyl sites for hydroxylation is 2. The summed E-state index contributed by atoms with van der Waals surface area (Å²) in [5, 5.41) is 11.3. The van der Waals surface area contributed by atoms with Crippen LogP contribution < -0.4 is 5.56 Å². The van der Waals surface area contributed by atoms with Gasteiger partial charge in [0.1, 0.15) is 0 Å². The first-order valence-corrected chi connectivity index (χ1v) is 8.62. The van der Waals surface area contributed by atoms with Gasteiger partial charge in [-0.05, 0) is 36.6 Å². The first-order chi connectivity index (χ1) is 12.1. The molecule has 0 atom stereocenters. The predicted octanol–water partition coefficient (Wildman–Crippen LogP) is 4.22. The van der Waals surface area contributed by atoms with E-state index < -0.39 is 16.2 Å². The van der Waals surface area contributed by atoms with E-state index in [0.717, 1.165) is 16.9 Å². The highest BCUT2D eigenvalue weighted by molar-refractivity contribution is 7.99. The number of benzene rings is 2. The van der Waals surface area contributed by atoms with Gasteiger partial charge in [0, 0.05) is 10.6 Å². The molecule has 6 heteroatoms. The second kappa shape index (κ2) is 7.81. The highest BCUT2D eigenvalue weighted by atomic mass is 32.2.